The molecule has 0 aliphatic carbocycles. The third kappa shape index (κ3) is 3.20. The fourth-order valence-electron chi connectivity index (χ4n) is 4.26. The molecule has 5 rings (SSSR count). The van der Waals surface area contributed by atoms with Crippen LogP contribution in [0.5, 0.6) is 0 Å². The van der Waals surface area contributed by atoms with Gasteiger partial charge in [-0.3, -0.25) is 4.79 Å². The van der Waals surface area contributed by atoms with Crippen molar-refractivity contribution in [3.63, 3.8) is 0 Å². The normalized spacial score (nSPS) is 15.1. The minimum absolute atomic E-state index is 0.00716. The molecule has 6 heteroatoms. The topological polar surface area (TPSA) is 63.1 Å². The number of aryl methyl sites for hydroxylation is 1. The van der Waals surface area contributed by atoms with Crippen molar-refractivity contribution in [3.8, 4) is 0 Å². The summed E-state index contributed by atoms with van der Waals surface area (Å²) in [5, 5.41) is 5.31. The zero-order chi connectivity index (χ0) is 19.8. The third-order valence-electron chi connectivity index (χ3n) is 5.79. The fraction of sp³-hybridized carbons (Fsp3) is 0.261. The van der Waals surface area contributed by atoms with Crippen molar-refractivity contribution in [1.29, 1.82) is 0 Å². The zero-order valence-corrected chi connectivity index (χ0v) is 16.4. The number of carbonyl (C=O) groups excluding carboxylic acids is 1. The van der Waals surface area contributed by atoms with Crippen LogP contribution in [0.2, 0.25) is 0 Å². The van der Waals surface area contributed by atoms with E-state index in [1.54, 1.807) is 6.33 Å². The molecule has 4 aromatic rings. The van der Waals surface area contributed by atoms with Gasteiger partial charge in [-0.2, -0.15) is 0 Å². The molecule has 6 nitrogen and oxygen atoms in total. The third-order valence-corrected chi connectivity index (χ3v) is 5.79. The molecule has 3 heterocycles. The summed E-state index contributed by atoms with van der Waals surface area (Å²) in [4.78, 5) is 24.1. The maximum atomic E-state index is 12.9. The quantitative estimate of drug-likeness (QED) is 0.586. The molecule has 146 valence electrons. The van der Waals surface area contributed by atoms with Gasteiger partial charge >= 0.3 is 0 Å². The molecule has 2 aromatic heterocycles. The first kappa shape index (κ1) is 17.7. The highest BCUT2D eigenvalue weighted by Crippen LogP contribution is 2.26. The number of amides is 1. The summed E-state index contributed by atoms with van der Waals surface area (Å²) in [6.07, 6.45) is 5.35. The van der Waals surface area contributed by atoms with Crippen molar-refractivity contribution in [3.05, 3.63) is 66.6 Å². The molecule has 0 spiro atoms. The smallest absolute Gasteiger partial charge is 0.253 e. The van der Waals surface area contributed by atoms with E-state index in [2.05, 4.69) is 26.3 Å². The van der Waals surface area contributed by atoms with Gasteiger partial charge in [0.15, 0.2) is 0 Å². The minimum atomic E-state index is 0.00716. The van der Waals surface area contributed by atoms with Crippen LogP contribution in [-0.4, -0.2) is 39.6 Å². The second kappa shape index (κ2) is 7.20. The lowest BCUT2D eigenvalue weighted by Crippen LogP contribution is -2.45. The lowest BCUT2D eigenvalue weighted by Gasteiger charge is -2.33. The van der Waals surface area contributed by atoms with Crippen LogP contribution in [0.4, 0.5) is 5.82 Å². The Bertz CT molecular complexity index is 1190. The Kier molecular flexibility index (Phi) is 4.39. The van der Waals surface area contributed by atoms with E-state index in [0.29, 0.717) is 0 Å². The molecule has 29 heavy (non-hydrogen) atoms. The Balaban J connectivity index is 1.29. The number of aromatic nitrogens is 3. The molecule has 1 aliphatic heterocycles. The van der Waals surface area contributed by atoms with Gasteiger partial charge < -0.3 is 14.8 Å². The number of hydrogen-bond donors (Lipinski definition) is 1. The summed E-state index contributed by atoms with van der Waals surface area (Å²) in [5.74, 6) is 0.988. The van der Waals surface area contributed by atoms with Gasteiger partial charge in [0.05, 0.1) is 11.1 Å². The van der Waals surface area contributed by atoms with Crippen molar-refractivity contribution in [1.82, 2.24) is 19.9 Å². The van der Waals surface area contributed by atoms with Crippen LogP contribution in [0, 0.1) is 0 Å². The summed E-state index contributed by atoms with van der Waals surface area (Å²) < 4.78 is 2.01. The first-order chi connectivity index (χ1) is 14.2. The summed E-state index contributed by atoms with van der Waals surface area (Å²) in [5.41, 5.74) is 2.78. The number of anilines is 1. The second-order valence-corrected chi connectivity index (χ2v) is 7.62. The molecule has 0 unspecified atom stereocenters. The van der Waals surface area contributed by atoms with E-state index in [1.807, 2.05) is 60.3 Å². The van der Waals surface area contributed by atoms with Crippen molar-refractivity contribution in [2.75, 3.05) is 18.0 Å². The van der Waals surface area contributed by atoms with Crippen molar-refractivity contribution in [2.45, 2.75) is 18.9 Å². The van der Waals surface area contributed by atoms with Crippen LogP contribution >= 0.6 is 0 Å². The van der Waals surface area contributed by atoms with E-state index < -0.39 is 0 Å². The predicted octanol–water partition coefficient (Wildman–Crippen LogP) is 3.52. The van der Waals surface area contributed by atoms with Crippen LogP contribution in [0.25, 0.3) is 21.8 Å². The minimum Gasteiger partial charge on any atom is -0.356 e. The number of para-hydroxylation sites is 2. The lowest BCUT2D eigenvalue weighted by molar-refractivity contribution is 0.0932. The number of piperidine rings is 1. The van der Waals surface area contributed by atoms with Gasteiger partial charge in [-0.05, 0) is 31.0 Å². The van der Waals surface area contributed by atoms with Crippen molar-refractivity contribution in [2.24, 2.45) is 7.05 Å². The van der Waals surface area contributed by atoms with Gasteiger partial charge in [0.25, 0.3) is 5.91 Å². The van der Waals surface area contributed by atoms with Gasteiger partial charge in [0.1, 0.15) is 12.1 Å². The first-order valence-corrected chi connectivity index (χ1v) is 10.0. The van der Waals surface area contributed by atoms with E-state index >= 15 is 0 Å². The Labute approximate surface area is 169 Å². The van der Waals surface area contributed by atoms with Gasteiger partial charge in [0.2, 0.25) is 0 Å². The highest BCUT2D eigenvalue weighted by Gasteiger charge is 2.24. The number of nitrogens with zero attached hydrogens (tertiary/aromatic N) is 4. The standard InChI is InChI=1S/C23H23N5O/c1-27-14-19(17-6-3-5-9-21(17)27)23(29)26-16-10-12-28(13-11-16)22-18-7-2-4-8-20(18)24-15-25-22/h2-9,14-16H,10-13H2,1H3,(H,26,29). The Morgan fingerprint density at radius 3 is 2.55 bits per heavy atom. The molecular weight excluding hydrogens is 362 g/mol. The Morgan fingerprint density at radius 2 is 1.72 bits per heavy atom. The zero-order valence-electron chi connectivity index (χ0n) is 16.4. The summed E-state index contributed by atoms with van der Waals surface area (Å²) in [6, 6.07) is 16.3. The average molecular weight is 385 g/mol. The number of nitrogens with one attached hydrogen (secondary N) is 1. The molecule has 0 bridgehead atoms. The summed E-state index contributed by atoms with van der Waals surface area (Å²) in [7, 11) is 1.98. The maximum Gasteiger partial charge on any atom is 0.253 e. The van der Waals surface area contributed by atoms with Crippen molar-refractivity contribution >= 4 is 33.5 Å². The molecule has 1 amide bonds. The van der Waals surface area contributed by atoms with Crippen molar-refractivity contribution < 1.29 is 4.79 Å². The van der Waals surface area contributed by atoms with Crippen LogP contribution in [0.3, 0.4) is 0 Å². The second-order valence-electron chi connectivity index (χ2n) is 7.62. The van der Waals surface area contributed by atoms with Gasteiger partial charge in [-0.15, -0.1) is 0 Å². The number of rotatable bonds is 3. The fourth-order valence-corrected chi connectivity index (χ4v) is 4.26. The molecule has 1 aliphatic rings. The number of benzene rings is 2. The molecule has 0 atom stereocenters. The summed E-state index contributed by atoms with van der Waals surface area (Å²) >= 11 is 0. The molecule has 1 fully saturated rings. The van der Waals surface area contributed by atoms with E-state index in [4.69, 9.17) is 0 Å². The van der Waals surface area contributed by atoms with Gasteiger partial charge in [-0.1, -0.05) is 30.3 Å². The van der Waals surface area contributed by atoms with E-state index in [1.165, 1.54) is 0 Å². The van der Waals surface area contributed by atoms with Crippen LogP contribution < -0.4 is 10.2 Å². The highest BCUT2D eigenvalue weighted by molar-refractivity contribution is 6.07. The lowest BCUT2D eigenvalue weighted by atomic mass is 10.0. The van der Waals surface area contributed by atoms with Gasteiger partial charge in [-0.25, -0.2) is 9.97 Å². The SMILES string of the molecule is Cn1cc(C(=O)NC2CCN(c3ncnc4ccccc34)CC2)c2ccccc21. The number of fused-ring (bicyclic) bond motifs is 2. The Morgan fingerprint density at radius 1 is 1.00 bits per heavy atom. The largest absolute Gasteiger partial charge is 0.356 e. The average Bonchev–Trinajstić information content (AvgIpc) is 3.11. The summed E-state index contributed by atoms with van der Waals surface area (Å²) in [6.45, 7) is 1.73. The first-order valence-electron chi connectivity index (χ1n) is 10.0. The molecule has 2 aromatic carbocycles. The molecule has 0 saturated carbocycles. The molecule has 1 N–H and O–H groups in total. The van der Waals surface area contributed by atoms with Crippen LogP contribution in [0.1, 0.15) is 23.2 Å². The van der Waals surface area contributed by atoms with E-state index in [9.17, 15) is 4.79 Å². The molecule has 1 saturated heterocycles. The van der Waals surface area contributed by atoms with Crippen LogP contribution in [-0.2, 0) is 7.05 Å². The highest BCUT2D eigenvalue weighted by atomic mass is 16.1. The molecular formula is C23H23N5O. The van der Waals surface area contributed by atoms with Crippen LogP contribution in [0.15, 0.2) is 61.1 Å². The van der Waals surface area contributed by atoms with Gasteiger partial charge in [0, 0.05) is 48.7 Å². The number of carbonyl (C=O) groups is 1. The maximum absolute atomic E-state index is 12.9. The number of hydrogen-bond acceptors (Lipinski definition) is 4. The molecule has 0 radical (unpaired) electrons. The van der Waals surface area contributed by atoms with E-state index in [0.717, 1.165) is 59.1 Å². The van der Waals surface area contributed by atoms with E-state index in [-0.39, 0.29) is 11.9 Å². The monoisotopic (exact) mass is 385 g/mol. The predicted molar refractivity (Wildman–Crippen MR) is 115 cm³/mol. The Hall–Kier alpha value is -3.41.